The predicted octanol–water partition coefficient (Wildman–Crippen LogP) is 9.44. The van der Waals surface area contributed by atoms with Crippen LogP contribution in [0, 0.1) is 0 Å². The van der Waals surface area contributed by atoms with Crippen LogP contribution in [0.25, 0.3) is 10.8 Å². The highest BCUT2D eigenvalue weighted by Crippen LogP contribution is 2.50. The van der Waals surface area contributed by atoms with Crippen molar-refractivity contribution in [1.29, 1.82) is 0 Å². The lowest BCUT2D eigenvalue weighted by Gasteiger charge is -2.14. The van der Waals surface area contributed by atoms with Gasteiger partial charge in [0.05, 0.1) is 83.6 Å². The normalized spacial score (nSPS) is 12.5. The van der Waals surface area contributed by atoms with Crippen LogP contribution in [-0.2, 0) is 52.9 Å². The number of fused-ring (bicyclic) bond motifs is 1. The van der Waals surface area contributed by atoms with E-state index in [-0.39, 0.29) is 102 Å². The summed E-state index contributed by atoms with van der Waals surface area (Å²) in [6.45, 7) is -0.334. The van der Waals surface area contributed by atoms with Crippen molar-refractivity contribution >= 4 is 134 Å². The maximum absolute atomic E-state index is 13.2. The van der Waals surface area contributed by atoms with Crippen LogP contribution in [0.5, 0.6) is 5.75 Å². The largest absolute Gasteiger partial charge is 0.505 e. The second kappa shape index (κ2) is 21.7. The molecule has 67 heavy (non-hydrogen) atoms. The van der Waals surface area contributed by atoms with Gasteiger partial charge in [0.1, 0.15) is 22.0 Å². The molecule has 0 radical (unpaired) electrons. The number of benzene rings is 6. The van der Waals surface area contributed by atoms with Gasteiger partial charge in [-0.2, -0.15) is 23.8 Å². The highest BCUT2D eigenvalue weighted by Gasteiger charge is 2.26. The number of halogens is 1. The molecule has 0 aliphatic rings. The maximum atomic E-state index is 13.2. The van der Waals surface area contributed by atoms with Crippen LogP contribution in [0.4, 0.5) is 56.9 Å². The molecular weight excluding hydrogens is 1010 g/mol. The van der Waals surface area contributed by atoms with Crippen LogP contribution < -0.4 is 21.9 Å². The van der Waals surface area contributed by atoms with E-state index >= 15 is 0 Å². The first-order chi connectivity index (χ1) is 31.8. The van der Waals surface area contributed by atoms with Crippen molar-refractivity contribution < 1.29 is 68.4 Å². The molecule has 352 valence electrons. The fourth-order valence-corrected chi connectivity index (χ4v) is 9.39. The van der Waals surface area contributed by atoms with Gasteiger partial charge in [-0.25, -0.2) is 27.4 Å². The zero-order valence-electron chi connectivity index (χ0n) is 33.3. The third-order valence-electron chi connectivity index (χ3n) is 8.71. The second-order valence-corrected chi connectivity index (χ2v) is 19.9. The first-order valence-electron chi connectivity index (χ1n) is 18.0. The van der Waals surface area contributed by atoms with Gasteiger partial charge in [-0.15, -0.1) is 24.0 Å². The zero-order chi connectivity index (χ0) is 48.5. The van der Waals surface area contributed by atoms with Gasteiger partial charge in [0.25, 0.3) is 20.1 Å². The van der Waals surface area contributed by atoms with Crippen LogP contribution in [-0.4, -0.2) is 57.8 Å². The van der Waals surface area contributed by atoms with E-state index in [1.807, 2.05) is 0 Å². The SMILES string of the molecule is Nc1cc(N)c(N=Nc2ccc(NS(=O)(=O)c3ccc(N=Nc4cc(S(=O)(=O)O)c5cc(SOOO)c(N=Nc6ccc(S(=O)(=O)CCOSOOO)cc6)c(O)c5c4N)cc3)cc2)cc1Cl. The fourth-order valence-electron chi connectivity index (χ4n) is 5.58. The summed E-state index contributed by atoms with van der Waals surface area (Å²) in [5, 5.41) is 59.1. The molecule has 0 aromatic heterocycles. The number of hydrogen-bond donors (Lipinski definition) is 8. The highest BCUT2D eigenvalue weighted by molar-refractivity contribution is 7.94. The molecule has 0 unspecified atom stereocenters. The molecule has 25 nitrogen and oxygen atoms in total. The van der Waals surface area contributed by atoms with E-state index in [0.29, 0.717) is 5.69 Å². The Morgan fingerprint density at radius 2 is 1.24 bits per heavy atom. The second-order valence-electron chi connectivity index (χ2n) is 13.0. The molecule has 0 aliphatic heterocycles. The Hall–Kier alpha value is -6.10. The summed E-state index contributed by atoms with van der Waals surface area (Å²) in [5.41, 5.74) is 18.3. The summed E-state index contributed by atoms with van der Waals surface area (Å²) in [5.74, 6) is -1.31. The number of phenols is 1. The van der Waals surface area contributed by atoms with Crippen molar-refractivity contribution in [2.24, 2.45) is 30.7 Å². The quantitative estimate of drug-likeness (QED) is 0.00670. The first kappa shape index (κ1) is 50.3. The van der Waals surface area contributed by atoms with Crippen LogP contribution in [0.3, 0.4) is 0 Å². The Bertz CT molecular complexity index is 3230. The number of sulfonamides is 1. The molecule has 0 aliphatic carbocycles. The number of phenolic OH excluding ortho intramolecular Hbond substituents is 1. The molecule has 6 rings (SSSR count). The Labute approximate surface area is 392 Å². The number of nitrogens with one attached hydrogen (secondary N) is 1. The zero-order valence-corrected chi connectivity index (χ0v) is 38.1. The van der Waals surface area contributed by atoms with Gasteiger partial charge >= 0.3 is 0 Å². The number of nitrogens with zero attached hydrogens (tertiary/aromatic N) is 6. The van der Waals surface area contributed by atoms with Crippen LogP contribution in [0.2, 0.25) is 5.02 Å². The molecule has 31 heteroatoms. The van der Waals surface area contributed by atoms with Crippen molar-refractivity contribution in [1.82, 2.24) is 0 Å². The Morgan fingerprint density at radius 3 is 1.84 bits per heavy atom. The average Bonchev–Trinajstić information content (AvgIpc) is 3.28. The van der Waals surface area contributed by atoms with E-state index in [0.717, 1.165) is 12.1 Å². The summed E-state index contributed by atoms with van der Waals surface area (Å²) >= 11 is 6.48. The monoisotopic (exact) mass is 1040 g/mol. The Kier molecular flexibility index (Phi) is 16.3. The summed E-state index contributed by atoms with van der Waals surface area (Å²) < 4.78 is 103. The van der Waals surface area contributed by atoms with Crippen molar-refractivity contribution in [3.8, 4) is 5.75 Å². The number of nitrogen functional groups attached to an aromatic ring is 3. The average molecular weight is 1040 g/mol. The minimum absolute atomic E-state index is 0.0555. The van der Waals surface area contributed by atoms with Crippen molar-refractivity contribution in [2.75, 3.05) is 34.3 Å². The lowest BCUT2D eigenvalue weighted by atomic mass is 10.0. The van der Waals surface area contributed by atoms with Crippen LogP contribution >= 0.6 is 36.0 Å². The molecule has 0 atom stereocenters. The van der Waals surface area contributed by atoms with Gasteiger partial charge in [-0.05, 0) is 97.1 Å². The van der Waals surface area contributed by atoms with Crippen LogP contribution in [0.1, 0.15) is 0 Å². The molecular formula is C36H31ClN10O15S5. The molecule has 11 N–H and O–H groups in total. The summed E-state index contributed by atoms with van der Waals surface area (Å²) in [4.78, 5) is -1.35. The smallest absolute Gasteiger partial charge is 0.295 e. The highest BCUT2D eigenvalue weighted by atomic mass is 35.5. The van der Waals surface area contributed by atoms with Crippen molar-refractivity contribution in [2.45, 2.75) is 19.6 Å². The molecule has 0 fully saturated rings. The summed E-state index contributed by atoms with van der Waals surface area (Å²) in [6.07, 6.45) is 0. The van der Waals surface area contributed by atoms with E-state index in [4.69, 9.17) is 43.5 Å². The van der Waals surface area contributed by atoms with Gasteiger partial charge in [0.15, 0.2) is 27.9 Å². The number of sulfone groups is 1. The van der Waals surface area contributed by atoms with Gasteiger partial charge < -0.3 is 22.3 Å². The molecule has 6 aromatic rings. The maximum Gasteiger partial charge on any atom is 0.295 e. The topological polar surface area (TPSA) is 394 Å². The molecule has 0 amide bonds. The van der Waals surface area contributed by atoms with E-state index in [1.54, 1.807) is 0 Å². The fraction of sp³-hybridized carbons (Fsp3) is 0.0556. The van der Waals surface area contributed by atoms with E-state index in [1.165, 1.54) is 84.9 Å². The van der Waals surface area contributed by atoms with Crippen LogP contribution in [0.15, 0.2) is 147 Å². The number of rotatable bonds is 20. The van der Waals surface area contributed by atoms with Gasteiger partial charge in [-0.1, -0.05) is 21.7 Å². The first-order valence-corrected chi connectivity index (χ1v) is 24.3. The number of aromatic hydroxyl groups is 1. The predicted molar refractivity (Wildman–Crippen MR) is 244 cm³/mol. The summed E-state index contributed by atoms with van der Waals surface area (Å²) in [7, 11) is -13.1. The lowest BCUT2D eigenvalue weighted by Crippen LogP contribution is -2.12. The third kappa shape index (κ3) is 12.7. The Morgan fingerprint density at radius 1 is 0.672 bits per heavy atom. The van der Waals surface area contributed by atoms with E-state index in [9.17, 15) is 34.9 Å². The third-order valence-corrected chi connectivity index (χ3v) is 14.0. The number of anilines is 4. The number of azo groups is 3. The van der Waals surface area contributed by atoms with Gasteiger partial charge in [0, 0.05) is 11.1 Å². The van der Waals surface area contributed by atoms with Crippen molar-refractivity contribution in [3.63, 3.8) is 0 Å². The standard InChI is InChI=1S/C36H31ClN10O15S5/c37-26-16-29(28(39)17-27(26)38)44-41-19-1-3-22(4-2-19)47-66(53,54)24-11-7-20(8-12-24)42-45-30-18-32(67(55,56)57)25-15-31(63-61-59-49)35(36(48)33(25)34(30)40)46-43-21-5-9-23(10-6-21)65(51,52)14-13-58-64-62-60-50/h1-12,15-18,47-50H,13-14,38-40H2,(H,55,56,57). The van der Waals surface area contributed by atoms with Gasteiger partial charge in [0.2, 0.25) is 0 Å². The molecule has 0 saturated heterocycles. The number of nitrogens with two attached hydrogens (primary N) is 3. The minimum atomic E-state index is -5.10. The molecule has 0 bridgehead atoms. The van der Waals surface area contributed by atoms with Gasteiger partial charge in [-0.3, -0.25) is 13.5 Å². The molecule has 0 spiro atoms. The minimum Gasteiger partial charge on any atom is -0.505 e. The molecule has 0 heterocycles. The lowest BCUT2D eigenvalue weighted by molar-refractivity contribution is -0.434. The van der Waals surface area contributed by atoms with Crippen molar-refractivity contribution in [3.05, 3.63) is 102 Å². The molecule has 6 aromatic carbocycles. The molecule has 0 saturated carbocycles. The van der Waals surface area contributed by atoms with E-state index in [2.05, 4.69) is 54.2 Å². The summed E-state index contributed by atoms with van der Waals surface area (Å²) in [6, 6.07) is 20.7. The Balaban J connectivity index is 1.24. The van der Waals surface area contributed by atoms with E-state index < -0.39 is 57.5 Å². The number of hydrogen-bond acceptors (Lipinski definition) is 25.